The van der Waals surface area contributed by atoms with E-state index in [-0.39, 0.29) is 42.7 Å². The third-order valence-electron chi connectivity index (χ3n) is 13.7. The minimum atomic E-state index is -2.14. The molecule has 3 fully saturated rings. The molecule has 1 amide bonds. The molecule has 0 N–H and O–H groups in total. The molecule has 0 saturated carbocycles. The SMILES string of the molecule is COCOc1cc(-c2ncc3c(N4C[C@H]5C=C[C@@H](C4)N5C(=O)OC(C)(C)C)nc(OC[C@@]45CCCN4C[C@H](F)C5)nc3c2F)c2c(C#C[Si](C(C)C)(C(C)C)C(C)C)cccc2c1. The number of anilines is 1. The van der Waals surface area contributed by atoms with Gasteiger partial charge in [-0.15, -0.1) is 5.54 Å². The maximum atomic E-state index is 17.9. The van der Waals surface area contributed by atoms with Gasteiger partial charge in [0.05, 0.1) is 23.0 Å². The van der Waals surface area contributed by atoms with Crippen molar-refractivity contribution in [1.82, 2.24) is 24.8 Å². The zero-order valence-corrected chi connectivity index (χ0v) is 39.4. The van der Waals surface area contributed by atoms with Crippen LogP contribution in [-0.2, 0) is 9.47 Å². The highest BCUT2D eigenvalue weighted by molar-refractivity contribution is 6.90. The number of alkyl halides is 1. The Bertz CT molecular complexity index is 2440. The highest BCUT2D eigenvalue weighted by Gasteiger charge is 2.50. The monoisotopic (exact) mass is 880 g/mol. The van der Waals surface area contributed by atoms with Crippen LogP contribution in [0.1, 0.15) is 87.1 Å². The molecular weight excluding hydrogens is 819 g/mol. The molecule has 0 unspecified atom stereocenters. The number of carbonyl (C=O) groups is 1. The van der Waals surface area contributed by atoms with E-state index in [1.165, 1.54) is 0 Å². The molecular formula is C49H62F2N6O5Si. The molecule has 2 aromatic heterocycles. The first-order chi connectivity index (χ1) is 29.9. The predicted molar refractivity (Wildman–Crippen MR) is 246 cm³/mol. The van der Waals surface area contributed by atoms with Crippen LogP contribution >= 0.6 is 0 Å². The second-order valence-electron chi connectivity index (χ2n) is 19.8. The highest BCUT2D eigenvalue weighted by atomic mass is 28.3. The van der Waals surface area contributed by atoms with E-state index in [0.717, 1.165) is 35.7 Å². The summed E-state index contributed by atoms with van der Waals surface area (Å²) in [5.41, 5.74) is 5.41. The molecule has 0 radical (unpaired) electrons. The van der Waals surface area contributed by atoms with Crippen molar-refractivity contribution in [1.29, 1.82) is 0 Å². The molecule has 2 bridgehead atoms. The summed E-state index contributed by atoms with van der Waals surface area (Å²) in [6, 6.07) is 9.04. The molecule has 4 aliphatic heterocycles. The Balaban J connectivity index is 1.27. The van der Waals surface area contributed by atoms with E-state index in [2.05, 4.69) is 57.9 Å². The molecule has 63 heavy (non-hydrogen) atoms. The van der Waals surface area contributed by atoms with Crippen LogP contribution in [0.25, 0.3) is 32.9 Å². The largest absolute Gasteiger partial charge is 0.468 e. The van der Waals surface area contributed by atoms with Crippen LogP contribution in [0.2, 0.25) is 16.6 Å². The summed E-state index contributed by atoms with van der Waals surface area (Å²) in [7, 11) is -0.589. The maximum absolute atomic E-state index is 17.9. The van der Waals surface area contributed by atoms with Crippen LogP contribution in [0.15, 0.2) is 48.7 Å². The van der Waals surface area contributed by atoms with Crippen LogP contribution in [0.3, 0.4) is 0 Å². The lowest BCUT2D eigenvalue weighted by Gasteiger charge is -2.42. The number of methoxy groups -OCH3 is 1. The predicted octanol–water partition coefficient (Wildman–Crippen LogP) is 9.86. The quantitative estimate of drug-likeness (QED) is 0.0627. The van der Waals surface area contributed by atoms with Gasteiger partial charge in [-0.3, -0.25) is 14.8 Å². The molecule has 4 atom stereocenters. The number of amides is 1. The molecule has 11 nitrogen and oxygen atoms in total. The number of ether oxygens (including phenoxy) is 4. The topological polar surface area (TPSA) is 102 Å². The summed E-state index contributed by atoms with van der Waals surface area (Å²) in [6.45, 7) is 21.4. The molecule has 8 rings (SSSR count). The van der Waals surface area contributed by atoms with Gasteiger partial charge in [0.1, 0.15) is 49.2 Å². The Labute approximate surface area is 371 Å². The third-order valence-corrected chi connectivity index (χ3v) is 20.0. The summed E-state index contributed by atoms with van der Waals surface area (Å²) < 4.78 is 56.2. The summed E-state index contributed by atoms with van der Waals surface area (Å²) >= 11 is 0. The second-order valence-corrected chi connectivity index (χ2v) is 25.3. The molecule has 336 valence electrons. The fourth-order valence-electron chi connectivity index (χ4n) is 10.9. The summed E-state index contributed by atoms with van der Waals surface area (Å²) in [5, 5.41) is 1.98. The Hall–Kier alpha value is -4.84. The fraction of sp³-hybridized carbons (Fsp3) is 0.551. The minimum Gasteiger partial charge on any atom is -0.468 e. The standard InChI is InChI=1S/C49H62F2N6O5Si/c1-30(2)63(31(3)4,32(5)6)20-17-33-13-11-14-34-21-38(61-29-59-10)22-39(41(33)34)43-42(51)44-40(24-52-43)45(54-46(53-44)60-28-49-18-12-19-56(49)25-35(50)23-49)55-26-36-15-16-37(27-55)57(36)47(58)62-48(7,8)9/h11,13-16,21-22,24,30-32,35-37H,12,18-19,23,25-29H2,1-10H3/t35-,36-,37+,49+/m1/s1. The zero-order chi connectivity index (χ0) is 45.0. The van der Waals surface area contributed by atoms with Gasteiger partial charge in [0.15, 0.2) is 12.6 Å². The average molecular weight is 881 g/mol. The van der Waals surface area contributed by atoms with Crippen molar-refractivity contribution in [3.8, 4) is 34.5 Å². The lowest BCUT2D eigenvalue weighted by molar-refractivity contribution is 0.0146. The van der Waals surface area contributed by atoms with E-state index in [4.69, 9.17) is 33.9 Å². The molecule has 14 heteroatoms. The lowest BCUT2D eigenvalue weighted by Crippen LogP contribution is -2.57. The molecule has 6 heterocycles. The Morgan fingerprint density at radius 3 is 2.38 bits per heavy atom. The first-order valence-electron chi connectivity index (χ1n) is 22.5. The molecule has 0 aliphatic carbocycles. The molecule has 2 aromatic carbocycles. The number of benzene rings is 2. The van der Waals surface area contributed by atoms with Crippen LogP contribution in [0, 0.1) is 17.3 Å². The normalized spacial score (nSPS) is 22.4. The Morgan fingerprint density at radius 1 is 1.00 bits per heavy atom. The number of piperazine rings is 1. The van der Waals surface area contributed by atoms with E-state index < -0.39 is 37.3 Å². The number of pyridine rings is 1. The van der Waals surface area contributed by atoms with Crippen molar-refractivity contribution < 1.29 is 32.5 Å². The number of halogens is 2. The van der Waals surface area contributed by atoms with Gasteiger partial charge in [-0.2, -0.15) is 9.97 Å². The summed E-state index contributed by atoms with van der Waals surface area (Å²) in [5.74, 6) is 3.92. The van der Waals surface area contributed by atoms with Gasteiger partial charge in [-0.25, -0.2) is 13.6 Å². The Kier molecular flexibility index (Phi) is 12.3. The molecule has 4 aliphatic rings. The van der Waals surface area contributed by atoms with E-state index in [9.17, 15) is 9.18 Å². The van der Waals surface area contributed by atoms with Crippen molar-refractivity contribution in [3.63, 3.8) is 0 Å². The lowest BCUT2D eigenvalue weighted by atomic mass is 9.95. The Morgan fingerprint density at radius 2 is 1.71 bits per heavy atom. The number of hydrogen-bond donors (Lipinski definition) is 0. The first kappa shape index (κ1) is 44.8. The fourth-order valence-corrected chi connectivity index (χ4v) is 16.2. The number of carbonyl (C=O) groups excluding carboxylic acids is 1. The van der Waals surface area contributed by atoms with Crippen molar-refractivity contribution in [2.75, 3.05) is 51.6 Å². The smallest absolute Gasteiger partial charge is 0.411 e. The van der Waals surface area contributed by atoms with Crippen LogP contribution < -0.4 is 14.4 Å². The summed E-state index contributed by atoms with van der Waals surface area (Å²) in [4.78, 5) is 34.0. The van der Waals surface area contributed by atoms with Crippen LogP contribution in [0.4, 0.5) is 19.4 Å². The van der Waals surface area contributed by atoms with Gasteiger partial charge in [0.25, 0.3) is 0 Å². The van der Waals surface area contributed by atoms with Gasteiger partial charge in [-0.05, 0) is 80.4 Å². The number of nitrogens with zero attached hydrogens (tertiary/aromatic N) is 6. The van der Waals surface area contributed by atoms with Crippen molar-refractivity contribution in [2.24, 2.45) is 0 Å². The zero-order valence-electron chi connectivity index (χ0n) is 38.4. The number of fused-ring (bicyclic) bond motifs is 5. The van der Waals surface area contributed by atoms with Crippen molar-refractivity contribution in [3.05, 3.63) is 60.1 Å². The van der Waals surface area contributed by atoms with Gasteiger partial charge in [-0.1, -0.05) is 71.7 Å². The molecule has 3 saturated heterocycles. The minimum absolute atomic E-state index is 0.000746. The van der Waals surface area contributed by atoms with E-state index in [0.29, 0.717) is 65.2 Å². The molecule has 4 aromatic rings. The second kappa shape index (κ2) is 17.3. The van der Waals surface area contributed by atoms with Gasteiger partial charge in [0.2, 0.25) is 0 Å². The number of hydrogen-bond acceptors (Lipinski definition) is 10. The highest BCUT2D eigenvalue weighted by Crippen LogP contribution is 2.44. The number of aromatic nitrogens is 3. The summed E-state index contributed by atoms with van der Waals surface area (Å²) in [6.07, 6.45) is 6.43. The average Bonchev–Trinajstić information content (AvgIpc) is 3.84. The van der Waals surface area contributed by atoms with Crippen LogP contribution in [0.5, 0.6) is 11.8 Å². The van der Waals surface area contributed by atoms with E-state index >= 15 is 4.39 Å². The van der Waals surface area contributed by atoms with Gasteiger partial charge < -0.3 is 23.8 Å². The van der Waals surface area contributed by atoms with E-state index in [1.54, 1.807) is 24.3 Å². The van der Waals surface area contributed by atoms with Crippen molar-refractivity contribution >= 4 is 41.7 Å². The maximum Gasteiger partial charge on any atom is 0.411 e. The first-order valence-corrected chi connectivity index (χ1v) is 24.7. The molecule has 0 spiro atoms. The number of rotatable bonds is 11. The van der Waals surface area contributed by atoms with Crippen molar-refractivity contribution in [2.45, 2.75) is 128 Å². The van der Waals surface area contributed by atoms with Crippen LogP contribution in [-0.4, -0.2) is 115 Å². The van der Waals surface area contributed by atoms with E-state index in [1.807, 2.05) is 62.1 Å². The van der Waals surface area contributed by atoms with Gasteiger partial charge >= 0.3 is 12.1 Å². The third kappa shape index (κ3) is 8.37. The van der Waals surface area contributed by atoms with Gasteiger partial charge in [0, 0.05) is 55.9 Å².